The van der Waals surface area contributed by atoms with Crippen molar-refractivity contribution in [2.75, 3.05) is 31.6 Å². The Morgan fingerprint density at radius 3 is 2.60 bits per heavy atom. The Morgan fingerprint density at radius 1 is 1.07 bits per heavy atom. The van der Waals surface area contributed by atoms with Crippen molar-refractivity contribution in [2.24, 2.45) is 0 Å². The molecule has 5 rings (SSSR count). The maximum Gasteiger partial charge on any atom is 0.163 e. The highest BCUT2D eigenvalue weighted by atomic mass is 16.5. The van der Waals surface area contributed by atoms with Gasteiger partial charge in [-0.25, -0.2) is 9.97 Å². The van der Waals surface area contributed by atoms with Gasteiger partial charge < -0.3 is 20.1 Å². The van der Waals surface area contributed by atoms with Crippen molar-refractivity contribution in [1.82, 2.24) is 19.9 Å². The van der Waals surface area contributed by atoms with E-state index in [1.165, 1.54) is 0 Å². The van der Waals surface area contributed by atoms with Crippen molar-refractivity contribution in [1.29, 1.82) is 0 Å². The minimum absolute atomic E-state index is 0.166. The summed E-state index contributed by atoms with van der Waals surface area (Å²) in [5.74, 6) is 1.60. The number of morpholine rings is 1. The molecule has 158 valence electrons. The molecule has 0 atom stereocenters. The van der Waals surface area contributed by atoms with Crippen molar-refractivity contribution < 1.29 is 9.84 Å². The molecule has 1 aliphatic carbocycles. The van der Waals surface area contributed by atoms with Crippen LogP contribution in [0.1, 0.15) is 31.4 Å². The molecule has 3 aromatic rings. The van der Waals surface area contributed by atoms with Crippen LogP contribution in [0.3, 0.4) is 0 Å². The average Bonchev–Trinajstić information content (AvgIpc) is 3.19. The molecule has 0 amide bonds. The Hall–Kier alpha value is -2.48. The number of aliphatic hydroxyl groups is 1. The molecule has 7 nitrogen and oxygen atoms in total. The molecule has 1 saturated heterocycles. The van der Waals surface area contributed by atoms with Gasteiger partial charge in [0, 0.05) is 36.9 Å². The van der Waals surface area contributed by atoms with Crippen LogP contribution < -0.4 is 5.32 Å². The van der Waals surface area contributed by atoms with Crippen LogP contribution in [0.5, 0.6) is 0 Å². The number of benzene rings is 1. The first-order valence-corrected chi connectivity index (χ1v) is 10.9. The van der Waals surface area contributed by atoms with Crippen LogP contribution in [-0.4, -0.2) is 63.4 Å². The Labute approximate surface area is 176 Å². The van der Waals surface area contributed by atoms with Gasteiger partial charge in [0.1, 0.15) is 11.5 Å². The monoisotopic (exact) mass is 407 g/mol. The largest absolute Gasteiger partial charge is 0.393 e. The number of aliphatic hydroxyl groups excluding tert-OH is 1. The lowest BCUT2D eigenvalue weighted by Crippen LogP contribution is -2.35. The van der Waals surface area contributed by atoms with Crippen LogP contribution >= 0.6 is 0 Å². The number of hydrogen-bond donors (Lipinski definition) is 3. The molecule has 30 heavy (non-hydrogen) atoms. The first kappa shape index (κ1) is 19.5. The fourth-order valence-corrected chi connectivity index (χ4v) is 4.39. The molecular weight excluding hydrogens is 378 g/mol. The predicted octanol–water partition coefficient (Wildman–Crippen LogP) is 3.17. The maximum absolute atomic E-state index is 9.84. The van der Waals surface area contributed by atoms with E-state index in [2.05, 4.69) is 21.3 Å². The second-order valence-corrected chi connectivity index (χ2v) is 8.36. The SMILES string of the molecule is O[C@H]1CC[C@H](Nc2nc(-c3ccccc3)nc3[nH]c(CN4CCOCC4)cc23)CC1. The molecule has 0 bridgehead atoms. The minimum Gasteiger partial charge on any atom is -0.393 e. The molecule has 2 aliphatic rings. The van der Waals surface area contributed by atoms with E-state index >= 15 is 0 Å². The summed E-state index contributed by atoms with van der Waals surface area (Å²) in [5.41, 5.74) is 3.02. The molecule has 2 aromatic heterocycles. The Morgan fingerprint density at radius 2 is 1.83 bits per heavy atom. The quantitative estimate of drug-likeness (QED) is 0.602. The van der Waals surface area contributed by atoms with E-state index < -0.39 is 0 Å². The number of hydrogen-bond acceptors (Lipinski definition) is 6. The molecule has 2 fully saturated rings. The highest BCUT2D eigenvalue weighted by molar-refractivity contribution is 5.89. The number of aromatic amines is 1. The van der Waals surface area contributed by atoms with Crippen LogP contribution in [0.4, 0.5) is 5.82 Å². The summed E-state index contributed by atoms with van der Waals surface area (Å²) in [6.07, 6.45) is 3.43. The number of aromatic nitrogens is 3. The van der Waals surface area contributed by atoms with Gasteiger partial charge in [0.05, 0.1) is 24.7 Å². The second kappa shape index (κ2) is 8.71. The maximum atomic E-state index is 9.84. The molecule has 3 N–H and O–H groups in total. The summed E-state index contributed by atoms with van der Waals surface area (Å²) < 4.78 is 5.47. The summed E-state index contributed by atoms with van der Waals surface area (Å²) in [5, 5.41) is 14.5. The van der Waals surface area contributed by atoms with Gasteiger partial charge in [0.2, 0.25) is 0 Å². The van der Waals surface area contributed by atoms with Crippen molar-refractivity contribution in [3.63, 3.8) is 0 Å². The van der Waals surface area contributed by atoms with E-state index in [0.29, 0.717) is 6.04 Å². The number of fused-ring (bicyclic) bond motifs is 1. The van der Waals surface area contributed by atoms with Gasteiger partial charge in [0.25, 0.3) is 0 Å². The summed E-state index contributed by atoms with van der Waals surface area (Å²) in [4.78, 5) is 15.7. The van der Waals surface area contributed by atoms with Crippen LogP contribution in [0.25, 0.3) is 22.4 Å². The zero-order valence-corrected chi connectivity index (χ0v) is 17.2. The number of ether oxygens (including phenoxy) is 1. The van der Waals surface area contributed by atoms with Gasteiger partial charge in [-0.05, 0) is 31.7 Å². The molecule has 1 aliphatic heterocycles. The summed E-state index contributed by atoms with van der Waals surface area (Å²) in [6.45, 7) is 4.34. The van der Waals surface area contributed by atoms with E-state index in [9.17, 15) is 5.11 Å². The van der Waals surface area contributed by atoms with Crippen molar-refractivity contribution in [3.05, 3.63) is 42.1 Å². The molecular formula is C23H29N5O2. The average molecular weight is 408 g/mol. The van der Waals surface area contributed by atoms with Crippen molar-refractivity contribution in [2.45, 2.75) is 44.4 Å². The Balaban J connectivity index is 1.47. The fraction of sp³-hybridized carbons (Fsp3) is 0.478. The summed E-state index contributed by atoms with van der Waals surface area (Å²) >= 11 is 0. The first-order valence-electron chi connectivity index (χ1n) is 10.9. The van der Waals surface area contributed by atoms with E-state index in [4.69, 9.17) is 14.7 Å². The zero-order chi connectivity index (χ0) is 20.3. The minimum atomic E-state index is -0.166. The van der Waals surface area contributed by atoms with Gasteiger partial charge in [-0.15, -0.1) is 0 Å². The molecule has 0 spiro atoms. The number of nitrogens with one attached hydrogen (secondary N) is 2. The normalized spacial score (nSPS) is 23.0. The van der Waals surface area contributed by atoms with Gasteiger partial charge in [-0.3, -0.25) is 4.90 Å². The molecule has 3 heterocycles. The van der Waals surface area contributed by atoms with E-state index in [0.717, 1.165) is 92.5 Å². The molecule has 1 saturated carbocycles. The molecule has 0 radical (unpaired) electrons. The van der Waals surface area contributed by atoms with Crippen molar-refractivity contribution in [3.8, 4) is 11.4 Å². The number of anilines is 1. The van der Waals surface area contributed by atoms with Gasteiger partial charge >= 0.3 is 0 Å². The zero-order valence-electron chi connectivity index (χ0n) is 17.2. The Kier molecular flexibility index (Phi) is 5.66. The van der Waals surface area contributed by atoms with E-state index in [-0.39, 0.29) is 6.10 Å². The highest BCUT2D eigenvalue weighted by Gasteiger charge is 2.22. The van der Waals surface area contributed by atoms with Crippen LogP contribution in [0.15, 0.2) is 36.4 Å². The molecule has 1 aromatic carbocycles. The first-order chi connectivity index (χ1) is 14.7. The number of H-pyrrole nitrogens is 1. The molecule has 7 heteroatoms. The van der Waals surface area contributed by atoms with Gasteiger partial charge in [-0.1, -0.05) is 30.3 Å². The standard InChI is InChI=1S/C23H29N5O2/c29-19-8-6-17(7-9-19)24-22-20-14-18(15-28-10-12-30-13-11-28)25-23(20)27-21(26-22)16-4-2-1-3-5-16/h1-5,14,17,19,29H,6-13,15H2,(H2,24,25,26,27)/t17-,19-. The number of nitrogens with zero attached hydrogens (tertiary/aromatic N) is 3. The van der Waals surface area contributed by atoms with Crippen LogP contribution in [0, 0.1) is 0 Å². The van der Waals surface area contributed by atoms with Crippen molar-refractivity contribution >= 4 is 16.9 Å². The second-order valence-electron chi connectivity index (χ2n) is 8.36. The summed E-state index contributed by atoms with van der Waals surface area (Å²) in [7, 11) is 0. The number of rotatable bonds is 5. The Bertz CT molecular complexity index is 976. The fourth-order valence-electron chi connectivity index (χ4n) is 4.39. The lowest BCUT2D eigenvalue weighted by molar-refractivity contribution is 0.0337. The lowest BCUT2D eigenvalue weighted by Gasteiger charge is -2.27. The summed E-state index contributed by atoms with van der Waals surface area (Å²) in [6, 6.07) is 12.6. The lowest BCUT2D eigenvalue weighted by atomic mass is 9.93. The van der Waals surface area contributed by atoms with Crippen LogP contribution in [-0.2, 0) is 11.3 Å². The third-order valence-electron chi connectivity index (χ3n) is 6.11. The topological polar surface area (TPSA) is 86.3 Å². The van der Waals surface area contributed by atoms with E-state index in [1.807, 2.05) is 30.3 Å². The third-order valence-corrected chi connectivity index (χ3v) is 6.11. The van der Waals surface area contributed by atoms with E-state index in [1.54, 1.807) is 0 Å². The smallest absolute Gasteiger partial charge is 0.163 e. The third kappa shape index (κ3) is 4.33. The molecule has 0 unspecified atom stereocenters. The van der Waals surface area contributed by atoms with Gasteiger partial charge in [0.15, 0.2) is 5.82 Å². The highest BCUT2D eigenvalue weighted by Crippen LogP contribution is 2.29. The predicted molar refractivity (Wildman–Crippen MR) is 117 cm³/mol. The van der Waals surface area contributed by atoms with Gasteiger partial charge in [-0.2, -0.15) is 0 Å². The van der Waals surface area contributed by atoms with Crippen LogP contribution in [0.2, 0.25) is 0 Å².